The summed E-state index contributed by atoms with van der Waals surface area (Å²) in [6, 6.07) is 16.7. The summed E-state index contributed by atoms with van der Waals surface area (Å²) < 4.78 is 36.5. The van der Waals surface area contributed by atoms with Crippen LogP contribution in [0.1, 0.15) is 11.1 Å². The fraction of sp³-hybridized carbons (Fsp3) is 0.125. The van der Waals surface area contributed by atoms with Crippen LogP contribution < -0.4 is 10.3 Å². The maximum Gasteiger partial charge on any atom is 0.267 e. The van der Waals surface area contributed by atoms with Crippen molar-refractivity contribution in [3.63, 3.8) is 0 Å². The van der Waals surface area contributed by atoms with Gasteiger partial charge in [-0.05, 0) is 42.8 Å². The smallest absolute Gasteiger partial charge is 0.267 e. The molecule has 166 valence electrons. The van der Waals surface area contributed by atoms with Gasteiger partial charge in [0.2, 0.25) is 5.78 Å². The van der Waals surface area contributed by atoms with Gasteiger partial charge in [0.1, 0.15) is 5.75 Å². The third-order valence-electron chi connectivity index (χ3n) is 5.36. The number of thioether (sulfide) groups is 1. The van der Waals surface area contributed by atoms with E-state index < -0.39 is 11.6 Å². The van der Waals surface area contributed by atoms with Crippen LogP contribution in [-0.4, -0.2) is 26.3 Å². The first-order valence-corrected chi connectivity index (χ1v) is 11.1. The molecule has 5 rings (SSSR count). The number of benzene rings is 3. The Labute approximate surface area is 191 Å². The summed E-state index contributed by atoms with van der Waals surface area (Å²) in [5.74, 6) is -0.829. The summed E-state index contributed by atoms with van der Waals surface area (Å²) in [5.41, 5.74) is 2.06. The highest BCUT2D eigenvalue weighted by molar-refractivity contribution is 7.98. The summed E-state index contributed by atoms with van der Waals surface area (Å²) in [6.45, 7) is 1.92. The van der Waals surface area contributed by atoms with E-state index in [0.29, 0.717) is 33.3 Å². The van der Waals surface area contributed by atoms with E-state index in [9.17, 15) is 13.6 Å². The van der Waals surface area contributed by atoms with Crippen molar-refractivity contribution in [2.45, 2.75) is 17.8 Å². The van der Waals surface area contributed by atoms with Crippen molar-refractivity contribution in [3.8, 4) is 11.4 Å². The number of aryl methyl sites for hydroxylation is 1. The molecular weight excluding hydrogens is 446 g/mol. The van der Waals surface area contributed by atoms with Gasteiger partial charge in [0.15, 0.2) is 16.8 Å². The largest absolute Gasteiger partial charge is 0.495 e. The van der Waals surface area contributed by atoms with Gasteiger partial charge >= 0.3 is 0 Å². The van der Waals surface area contributed by atoms with E-state index in [4.69, 9.17) is 4.74 Å². The summed E-state index contributed by atoms with van der Waals surface area (Å²) in [5, 5.41) is 9.49. The molecule has 0 saturated heterocycles. The van der Waals surface area contributed by atoms with Crippen molar-refractivity contribution in [2.24, 2.45) is 0 Å². The van der Waals surface area contributed by atoms with E-state index in [2.05, 4.69) is 10.2 Å². The molecule has 0 N–H and O–H groups in total. The Bertz CT molecular complexity index is 1580. The molecule has 0 aliphatic carbocycles. The van der Waals surface area contributed by atoms with Gasteiger partial charge in [-0.3, -0.25) is 9.20 Å². The zero-order valence-corrected chi connectivity index (χ0v) is 18.6. The summed E-state index contributed by atoms with van der Waals surface area (Å²) in [6.07, 6.45) is 0. The van der Waals surface area contributed by atoms with Gasteiger partial charge < -0.3 is 4.74 Å². The van der Waals surface area contributed by atoms with Gasteiger partial charge in [0.25, 0.3) is 5.56 Å². The molecule has 3 aromatic carbocycles. The van der Waals surface area contributed by atoms with Gasteiger partial charge in [-0.1, -0.05) is 42.1 Å². The Kier molecular flexibility index (Phi) is 5.33. The number of rotatable bonds is 5. The minimum atomic E-state index is -0.898. The Balaban J connectivity index is 1.74. The Hall–Kier alpha value is -3.72. The standard InChI is InChI=1S/C24H18F2N4O2S/c1-14-10-11-20(32-2)19(12-14)29-22(31)16-7-3-4-9-18(16)30-23(29)27-28-24(30)33-13-15-6-5-8-17(25)21(15)26/h3-12H,13H2,1-2H3. The van der Waals surface area contributed by atoms with Crippen LogP contribution in [0.5, 0.6) is 5.75 Å². The van der Waals surface area contributed by atoms with Gasteiger partial charge in [0, 0.05) is 11.3 Å². The maximum absolute atomic E-state index is 14.2. The average molecular weight is 464 g/mol. The molecule has 6 nitrogen and oxygen atoms in total. The van der Waals surface area contributed by atoms with Crippen LogP contribution in [0, 0.1) is 18.6 Å². The van der Waals surface area contributed by atoms with Crippen molar-refractivity contribution in [1.82, 2.24) is 19.2 Å². The topological polar surface area (TPSA) is 61.4 Å². The molecule has 2 aromatic heterocycles. The molecule has 0 atom stereocenters. The van der Waals surface area contributed by atoms with Gasteiger partial charge in [-0.15, -0.1) is 10.2 Å². The van der Waals surface area contributed by atoms with E-state index >= 15 is 0 Å². The van der Waals surface area contributed by atoms with Gasteiger partial charge in [0.05, 0.1) is 23.7 Å². The molecule has 2 heterocycles. The molecule has 0 radical (unpaired) electrons. The number of methoxy groups -OCH3 is 1. The van der Waals surface area contributed by atoms with Crippen LogP contribution >= 0.6 is 11.8 Å². The number of fused-ring (bicyclic) bond motifs is 3. The van der Waals surface area contributed by atoms with Crippen molar-refractivity contribution in [2.75, 3.05) is 7.11 Å². The molecule has 0 saturated carbocycles. The first-order chi connectivity index (χ1) is 16.0. The van der Waals surface area contributed by atoms with Crippen LogP contribution in [0.2, 0.25) is 0 Å². The lowest BCUT2D eigenvalue weighted by atomic mass is 10.2. The van der Waals surface area contributed by atoms with E-state index in [1.165, 1.54) is 35.6 Å². The number of para-hydroxylation sites is 1. The lowest BCUT2D eigenvalue weighted by molar-refractivity contribution is 0.412. The minimum Gasteiger partial charge on any atom is -0.495 e. The fourth-order valence-corrected chi connectivity index (χ4v) is 4.68. The van der Waals surface area contributed by atoms with Crippen molar-refractivity contribution < 1.29 is 13.5 Å². The predicted molar refractivity (Wildman–Crippen MR) is 123 cm³/mol. The number of aromatic nitrogens is 4. The Morgan fingerprint density at radius 3 is 2.67 bits per heavy atom. The lowest BCUT2D eigenvalue weighted by Crippen LogP contribution is -2.22. The quantitative estimate of drug-likeness (QED) is 0.346. The molecule has 0 fully saturated rings. The van der Waals surface area contributed by atoms with E-state index in [0.717, 1.165) is 11.6 Å². The minimum absolute atomic E-state index is 0.144. The third-order valence-corrected chi connectivity index (χ3v) is 6.34. The van der Waals surface area contributed by atoms with Crippen LogP contribution in [0.3, 0.4) is 0 Å². The first-order valence-electron chi connectivity index (χ1n) is 10.1. The lowest BCUT2D eigenvalue weighted by Gasteiger charge is -2.14. The second kappa shape index (κ2) is 8.32. The highest BCUT2D eigenvalue weighted by Gasteiger charge is 2.20. The second-order valence-electron chi connectivity index (χ2n) is 7.45. The summed E-state index contributed by atoms with van der Waals surface area (Å²) >= 11 is 1.21. The van der Waals surface area contributed by atoms with Crippen molar-refractivity contribution in [3.05, 3.63) is 93.8 Å². The summed E-state index contributed by atoms with van der Waals surface area (Å²) in [4.78, 5) is 13.5. The number of ether oxygens (including phenoxy) is 1. The molecule has 33 heavy (non-hydrogen) atoms. The SMILES string of the molecule is COc1ccc(C)cc1-n1c(=O)c2ccccc2n2c(SCc3cccc(F)c3F)nnc12. The van der Waals surface area contributed by atoms with E-state index in [1.54, 1.807) is 28.7 Å². The van der Waals surface area contributed by atoms with Gasteiger partial charge in [-0.25, -0.2) is 13.3 Å². The molecule has 0 amide bonds. The van der Waals surface area contributed by atoms with Crippen LogP contribution in [0.25, 0.3) is 22.4 Å². The van der Waals surface area contributed by atoms with Crippen LogP contribution in [-0.2, 0) is 5.75 Å². The molecule has 0 aliphatic rings. The highest BCUT2D eigenvalue weighted by Crippen LogP contribution is 2.29. The van der Waals surface area contributed by atoms with E-state index in [1.807, 2.05) is 25.1 Å². The van der Waals surface area contributed by atoms with E-state index in [-0.39, 0.29) is 16.9 Å². The molecular formula is C24H18F2N4O2S. The molecule has 0 spiro atoms. The highest BCUT2D eigenvalue weighted by atomic mass is 32.2. The Morgan fingerprint density at radius 2 is 1.85 bits per heavy atom. The molecule has 0 unspecified atom stereocenters. The maximum atomic E-state index is 14.2. The van der Waals surface area contributed by atoms with Gasteiger partial charge in [-0.2, -0.15) is 0 Å². The monoisotopic (exact) mass is 464 g/mol. The number of hydrogen-bond acceptors (Lipinski definition) is 5. The second-order valence-corrected chi connectivity index (χ2v) is 8.40. The third kappa shape index (κ3) is 3.54. The molecule has 0 aliphatic heterocycles. The summed E-state index contributed by atoms with van der Waals surface area (Å²) in [7, 11) is 1.54. The van der Waals surface area contributed by atoms with Crippen LogP contribution in [0.15, 0.2) is 70.6 Å². The zero-order valence-electron chi connectivity index (χ0n) is 17.8. The number of hydrogen-bond donors (Lipinski definition) is 0. The van der Waals surface area contributed by atoms with Crippen molar-refractivity contribution >= 4 is 28.4 Å². The first kappa shape index (κ1) is 21.1. The molecule has 5 aromatic rings. The fourth-order valence-electron chi connectivity index (χ4n) is 3.77. The Morgan fingerprint density at radius 1 is 1.03 bits per heavy atom. The number of halogens is 2. The van der Waals surface area contributed by atoms with Crippen LogP contribution in [0.4, 0.5) is 8.78 Å². The predicted octanol–water partition coefficient (Wildman–Crippen LogP) is 4.92. The molecule has 0 bridgehead atoms. The zero-order chi connectivity index (χ0) is 23.1. The molecule has 9 heteroatoms. The number of nitrogens with zero attached hydrogens (tertiary/aromatic N) is 4. The average Bonchev–Trinajstić information content (AvgIpc) is 3.24. The normalized spacial score (nSPS) is 11.4. The van der Waals surface area contributed by atoms with Crippen molar-refractivity contribution in [1.29, 1.82) is 0 Å².